The molecule has 0 bridgehead atoms. The number of nitrogens with one attached hydrogen (secondary N) is 1. The molecule has 30 heavy (non-hydrogen) atoms. The number of anilines is 1. The van der Waals surface area contributed by atoms with Crippen molar-refractivity contribution in [1.82, 2.24) is 0 Å². The number of hydrogen-bond acceptors (Lipinski definition) is 5. The highest BCUT2D eigenvalue weighted by atomic mass is 35.5. The second kappa shape index (κ2) is 9.13. The van der Waals surface area contributed by atoms with Crippen molar-refractivity contribution in [3.63, 3.8) is 0 Å². The quantitative estimate of drug-likeness (QED) is 0.215. The van der Waals surface area contributed by atoms with Crippen LogP contribution in [0.25, 0.3) is 0 Å². The molecule has 0 heterocycles. The molecule has 0 saturated heterocycles. The van der Waals surface area contributed by atoms with E-state index < -0.39 is 16.8 Å². The lowest BCUT2D eigenvalue weighted by Gasteiger charge is -2.13. The van der Waals surface area contributed by atoms with Crippen LogP contribution in [0.1, 0.15) is 20.7 Å². The summed E-state index contributed by atoms with van der Waals surface area (Å²) < 4.78 is 5.34. The number of nitro benzene ring substituents is 1. The highest BCUT2D eigenvalue weighted by molar-refractivity contribution is 6.40. The minimum atomic E-state index is -0.731. The summed E-state index contributed by atoms with van der Waals surface area (Å²) in [5.74, 6) is -1.44. The number of carbonyl (C=O) groups excluding carboxylic acids is 2. The van der Waals surface area contributed by atoms with Gasteiger partial charge in [0.15, 0.2) is 0 Å². The molecular formula is C20H11Cl3N2O5. The van der Waals surface area contributed by atoms with E-state index in [1.165, 1.54) is 18.2 Å². The molecular weight excluding hydrogens is 455 g/mol. The zero-order valence-electron chi connectivity index (χ0n) is 14.9. The normalized spacial score (nSPS) is 10.4. The average molecular weight is 466 g/mol. The number of esters is 1. The van der Waals surface area contributed by atoms with Gasteiger partial charge in [0.25, 0.3) is 11.6 Å². The molecule has 0 aliphatic carbocycles. The summed E-state index contributed by atoms with van der Waals surface area (Å²) in [6, 6.07) is 14.5. The number of benzene rings is 3. The Morgan fingerprint density at radius 3 is 2.17 bits per heavy atom. The Morgan fingerprint density at radius 2 is 1.57 bits per heavy atom. The summed E-state index contributed by atoms with van der Waals surface area (Å²) in [4.78, 5) is 35.4. The number of carbonyl (C=O) groups is 2. The summed E-state index contributed by atoms with van der Waals surface area (Å²) in [5.41, 5.74) is -0.130. The predicted molar refractivity (Wildman–Crippen MR) is 114 cm³/mol. The number of non-ortho nitro benzene ring substituents is 1. The number of hydrogen-bond donors (Lipinski definition) is 1. The third-order valence-corrected chi connectivity index (χ3v) is 4.71. The van der Waals surface area contributed by atoms with Crippen molar-refractivity contribution in [3.8, 4) is 5.75 Å². The smallest absolute Gasteiger partial charge is 0.343 e. The summed E-state index contributed by atoms with van der Waals surface area (Å²) in [6.45, 7) is 0. The van der Waals surface area contributed by atoms with Crippen molar-refractivity contribution >= 4 is 58.1 Å². The van der Waals surface area contributed by atoms with Crippen molar-refractivity contribution in [2.75, 3.05) is 5.32 Å². The van der Waals surface area contributed by atoms with Crippen LogP contribution in [0.15, 0.2) is 60.7 Å². The Hall–Kier alpha value is -3.13. The van der Waals surface area contributed by atoms with Gasteiger partial charge in [-0.15, -0.1) is 0 Å². The highest BCUT2D eigenvalue weighted by Crippen LogP contribution is 2.35. The average Bonchev–Trinajstić information content (AvgIpc) is 2.72. The highest BCUT2D eigenvalue weighted by Gasteiger charge is 2.21. The fraction of sp³-hybridized carbons (Fsp3) is 0. The standard InChI is InChI=1S/C20H11Cl3N2O5/c21-12-6-7-17(30-20(27)11-4-2-1-3-5-11)14(8-12)19(26)24-18-15(22)9-13(25(28)29)10-16(18)23/h1-10H,(H,24,26). The summed E-state index contributed by atoms with van der Waals surface area (Å²) in [5, 5.41) is 13.3. The molecule has 0 aromatic heterocycles. The van der Waals surface area contributed by atoms with Gasteiger partial charge in [-0.3, -0.25) is 14.9 Å². The lowest BCUT2D eigenvalue weighted by atomic mass is 10.1. The molecule has 0 saturated carbocycles. The molecule has 0 aliphatic heterocycles. The molecule has 10 heteroatoms. The first kappa shape index (κ1) is 21.6. The maximum Gasteiger partial charge on any atom is 0.343 e. The lowest BCUT2D eigenvalue weighted by Crippen LogP contribution is -2.16. The van der Waals surface area contributed by atoms with Gasteiger partial charge >= 0.3 is 5.97 Å². The fourth-order valence-electron chi connectivity index (χ4n) is 2.47. The minimum absolute atomic E-state index is 0.0331. The Labute approximate surface area is 185 Å². The third kappa shape index (κ3) is 4.88. The molecule has 7 nitrogen and oxygen atoms in total. The number of nitrogens with zero attached hydrogens (tertiary/aromatic N) is 1. The molecule has 3 aromatic carbocycles. The van der Waals surface area contributed by atoms with Crippen molar-refractivity contribution in [3.05, 3.63) is 97.0 Å². The largest absolute Gasteiger partial charge is 0.422 e. The van der Waals surface area contributed by atoms with Gasteiger partial charge in [-0.2, -0.15) is 0 Å². The maximum absolute atomic E-state index is 12.8. The van der Waals surface area contributed by atoms with Crippen LogP contribution in [-0.2, 0) is 0 Å². The van der Waals surface area contributed by atoms with E-state index in [0.717, 1.165) is 12.1 Å². The van der Waals surface area contributed by atoms with E-state index in [2.05, 4.69) is 5.32 Å². The Balaban J connectivity index is 1.90. The first-order valence-corrected chi connectivity index (χ1v) is 9.41. The first-order chi connectivity index (χ1) is 14.3. The molecule has 0 radical (unpaired) electrons. The zero-order valence-corrected chi connectivity index (χ0v) is 17.2. The Kier molecular flexibility index (Phi) is 6.56. The SMILES string of the molecule is O=C(Oc1ccc(Cl)cc1C(=O)Nc1c(Cl)cc([N+](=O)[O-])cc1Cl)c1ccccc1. The second-order valence-electron chi connectivity index (χ2n) is 5.89. The lowest BCUT2D eigenvalue weighted by molar-refractivity contribution is -0.384. The van der Waals surface area contributed by atoms with Gasteiger partial charge in [-0.25, -0.2) is 4.79 Å². The number of amides is 1. The molecule has 1 amide bonds. The molecule has 0 spiro atoms. The van der Waals surface area contributed by atoms with Crippen LogP contribution in [0.5, 0.6) is 5.75 Å². The van der Waals surface area contributed by atoms with Gasteiger partial charge in [0.2, 0.25) is 0 Å². The van der Waals surface area contributed by atoms with Crippen LogP contribution in [-0.4, -0.2) is 16.8 Å². The minimum Gasteiger partial charge on any atom is -0.422 e. The summed E-state index contributed by atoms with van der Waals surface area (Å²) >= 11 is 18.0. The van der Waals surface area contributed by atoms with Gasteiger partial charge in [-0.1, -0.05) is 53.0 Å². The van der Waals surface area contributed by atoms with Gasteiger partial charge in [0.1, 0.15) is 5.75 Å². The molecule has 0 atom stereocenters. The molecule has 152 valence electrons. The molecule has 3 rings (SSSR count). The number of nitro groups is 1. The maximum atomic E-state index is 12.8. The van der Waals surface area contributed by atoms with Crippen molar-refractivity contribution in [1.29, 1.82) is 0 Å². The Bertz CT molecular complexity index is 1130. The molecule has 1 N–H and O–H groups in total. The number of ether oxygens (including phenoxy) is 1. The van der Waals surface area contributed by atoms with E-state index >= 15 is 0 Å². The van der Waals surface area contributed by atoms with Gasteiger partial charge in [0.05, 0.1) is 31.8 Å². The van der Waals surface area contributed by atoms with E-state index in [1.807, 2.05) is 0 Å². The fourth-order valence-corrected chi connectivity index (χ4v) is 3.21. The monoisotopic (exact) mass is 464 g/mol. The summed E-state index contributed by atoms with van der Waals surface area (Å²) in [6.07, 6.45) is 0. The van der Waals surface area contributed by atoms with Crippen LogP contribution in [0.3, 0.4) is 0 Å². The van der Waals surface area contributed by atoms with Gasteiger partial charge < -0.3 is 10.1 Å². The van der Waals surface area contributed by atoms with Crippen LogP contribution in [0, 0.1) is 10.1 Å². The first-order valence-electron chi connectivity index (χ1n) is 8.28. The Morgan fingerprint density at radius 1 is 0.933 bits per heavy atom. The zero-order chi connectivity index (χ0) is 21.8. The van der Waals surface area contributed by atoms with Crippen LogP contribution in [0.4, 0.5) is 11.4 Å². The van der Waals surface area contributed by atoms with Crippen LogP contribution >= 0.6 is 34.8 Å². The van der Waals surface area contributed by atoms with Gasteiger partial charge in [0, 0.05) is 17.2 Å². The number of rotatable bonds is 5. The molecule has 0 unspecified atom stereocenters. The third-order valence-electron chi connectivity index (χ3n) is 3.87. The molecule has 0 fully saturated rings. The van der Waals surface area contributed by atoms with Crippen molar-refractivity contribution in [2.24, 2.45) is 0 Å². The second-order valence-corrected chi connectivity index (χ2v) is 7.14. The van der Waals surface area contributed by atoms with E-state index in [-0.39, 0.29) is 37.8 Å². The topological polar surface area (TPSA) is 98.5 Å². The van der Waals surface area contributed by atoms with Crippen LogP contribution in [0.2, 0.25) is 15.1 Å². The van der Waals surface area contributed by atoms with Gasteiger partial charge in [-0.05, 0) is 30.3 Å². The van der Waals surface area contributed by atoms with Crippen molar-refractivity contribution < 1.29 is 19.2 Å². The van der Waals surface area contributed by atoms with Crippen LogP contribution < -0.4 is 10.1 Å². The van der Waals surface area contributed by atoms with E-state index in [9.17, 15) is 19.7 Å². The van der Waals surface area contributed by atoms with E-state index in [4.69, 9.17) is 39.5 Å². The summed E-state index contributed by atoms with van der Waals surface area (Å²) in [7, 11) is 0. The van der Waals surface area contributed by atoms with E-state index in [0.29, 0.717) is 5.56 Å². The number of halogens is 3. The van der Waals surface area contributed by atoms with Crippen molar-refractivity contribution in [2.45, 2.75) is 0 Å². The molecule has 0 aliphatic rings. The van der Waals surface area contributed by atoms with E-state index in [1.54, 1.807) is 30.3 Å². The predicted octanol–water partition coefficient (Wildman–Crippen LogP) is 6.03. The molecule has 3 aromatic rings.